The van der Waals surface area contributed by atoms with Crippen molar-refractivity contribution in [2.24, 2.45) is 0 Å². The van der Waals surface area contributed by atoms with Crippen molar-refractivity contribution in [2.75, 3.05) is 6.54 Å². The Kier molecular flexibility index (Phi) is 5.83. The number of fused-ring (bicyclic) bond motifs is 1. The molecule has 2 N–H and O–H groups in total. The van der Waals surface area contributed by atoms with Gasteiger partial charge in [0.2, 0.25) is 0 Å². The zero-order valence-electron chi connectivity index (χ0n) is 17.9. The molecule has 0 bridgehead atoms. The van der Waals surface area contributed by atoms with Gasteiger partial charge in [0.1, 0.15) is 5.82 Å². The van der Waals surface area contributed by atoms with Crippen molar-refractivity contribution in [3.63, 3.8) is 0 Å². The van der Waals surface area contributed by atoms with Gasteiger partial charge in [-0.3, -0.25) is 4.79 Å². The highest BCUT2D eigenvalue weighted by Gasteiger charge is 2.24. The Labute approximate surface area is 190 Å². The van der Waals surface area contributed by atoms with Crippen LogP contribution >= 0.6 is 0 Å². The maximum atomic E-state index is 13.7. The number of nitrogens with one attached hydrogen (secondary N) is 2. The Morgan fingerprint density at radius 1 is 1.03 bits per heavy atom. The molecule has 0 amide bonds. The summed E-state index contributed by atoms with van der Waals surface area (Å²) in [6.07, 6.45) is 6.08. The molecule has 5 rings (SSSR count). The Bertz CT molecular complexity index is 1360. The zero-order chi connectivity index (χ0) is 22.6. The number of Topliss-reactive ketones (excluding diaryl/α,β-unsaturated/α-hetero) is 1. The lowest BCUT2D eigenvalue weighted by Crippen LogP contribution is -2.30. The fraction of sp³-hybridized carbons (Fsp3) is 0.111. The second-order valence-electron chi connectivity index (χ2n) is 7.92. The molecule has 6 heteroatoms. The van der Waals surface area contributed by atoms with E-state index in [2.05, 4.69) is 15.4 Å². The summed E-state index contributed by atoms with van der Waals surface area (Å²) in [6, 6.07) is 23.5. The zero-order valence-corrected chi connectivity index (χ0v) is 17.9. The maximum absolute atomic E-state index is 13.7. The monoisotopic (exact) mass is 438 g/mol. The fourth-order valence-electron chi connectivity index (χ4n) is 4.06. The van der Waals surface area contributed by atoms with Crippen LogP contribution in [0.25, 0.3) is 16.6 Å². The molecule has 3 aromatic carbocycles. The van der Waals surface area contributed by atoms with Gasteiger partial charge in [0.05, 0.1) is 11.7 Å². The number of halogens is 1. The van der Waals surface area contributed by atoms with Crippen LogP contribution in [0.3, 0.4) is 0 Å². The SMILES string of the molecule is O=C(c1c[nH]c2cc(-n3cccn3)ccc12)[C@H](NCCc1ccc(F)cc1)c1ccccc1. The van der Waals surface area contributed by atoms with Gasteiger partial charge in [0, 0.05) is 41.6 Å². The minimum Gasteiger partial charge on any atom is -0.360 e. The number of nitrogens with zero attached hydrogens (tertiary/aromatic N) is 2. The van der Waals surface area contributed by atoms with Crippen molar-refractivity contribution in [1.82, 2.24) is 20.1 Å². The summed E-state index contributed by atoms with van der Waals surface area (Å²) < 4.78 is 15.0. The summed E-state index contributed by atoms with van der Waals surface area (Å²) >= 11 is 0. The van der Waals surface area contributed by atoms with E-state index in [9.17, 15) is 9.18 Å². The van der Waals surface area contributed by atoms with Crippen molar-refractivity contribution < 1.29 is 9.18 Å². The number of H-pyrrole nitrogens is 1. The number of carbonyl (C=O) groups is 1. The lowest BCUT2D eigenvalue weighted by Gasteiger charge is -2.18. The van der Waals surface area contributed by atoms with Crippen LogP contribution in [0.2, 0.25) is 0 Å². The second kappa shape index (κ2) is 9.22. The topological polar surface area (TPSA) is 62.7 Å². The van der Waals surface area contributed by atoms with E-state index < -0.39 is 6.04 Å². The van der Waals surface area contributed by atoms with Crippen molar-refractivity contribution in [3.8, 4) is 5.69 Å². The van der Waals surface area contributed by atoms with Crippen molar-refractivity contribution in [1.29, 1.82) is 0 Å². The van der Waals surface area contributed by atoms with Crippen LogP contribution < -0.4 is 5.32 Å². The van der Waals surface area contributed by atoms with Gasteiger partial charge < -0.3 is 10.3 Å². The van der Waals surface area contributed by atoms with Gasteiger partial charge >= 0.3 is 0 Å². The average Bonchev–Trinajstić information content (AvgIpc) is 3.53. The van der Waals surface area contributed by atoms with Crippen LogP contribution in [0.5, 0.6) is 0 Å². The van der Waals surface area contributed by atoms with Gasteiger partial charge in [-0.25, -0.2) is 9.07 Å². The predicted molar refractivity (Wildman–Crippen MR) is 127 cm³/mol. The normalized spacial score (nSPS) is 12.2. The van der Waals surface area contributed by atoms with Gasteiger partial charge in [-0.2, -0.15) is 5.10 Å². The number of aromatic nitrogens is 3. The Hall–Kier alpha value is -4.03. The van der Waals surface area contributed by atoms with Crippen molar-refractivity contribution >= 4 is 16.7 Å². The highest BCUT2D eigenvalue weighted by atomic mass is 19.1. The first-order valence-electron chi connectivity index (χ1n) is 10.9. The lowest BCUT2D eigenvalue weighted by molar-refractivity contribution is 0.0945. The standard InChI is InChI=1S/C27H23FN4O/c28-21-9-7-19(8-10-21)13-15-29-26(20-5-2-1-3-6-20)27(33)24-18-30-25-17-22(11-12-23(24)25)32-16-4-14-31-32/h1-12,14,16-18,26,29-30H,13,15H2/t26-/m1/s1. The number of aromatic amines is 1. The molecule has 0 aliphatic carbocycles. The molecule has 0 saturated heterocycles. The molecule has 0 unspecified atom stereocenters. The molecule has 1 atom stereocenters. The highest BCUT2D eigenvalue weighted by Crippen LogP contribution is 2.26. The van der Waals surface area contributed by atoms with Crippen molar-refractivity contribution in [2.45, 2.75) is 12.5 Å². The molecule has 5 nitrogen and oxygen atoms in total. The fourth-order valence-corrected chi connectivity index (χ4v) is 4.06. The first-order valence-corrected chi connectivity index (χ1v) is 10.9. The van der Waals surface area contributed by atoms with Crippen LogP contribution in [-0.2, 0) is 6.42 Å². The summed E-state index contributed by atoms with van der Waals surface area (Å²) in [6.45, 7) is 0.586. The number of carbonyl (C=O) groups excluding carboxylic acids is 1. The smallest absolute Gasteiger partial charge is 0.186 e. The third-order valence-electron chi connectivity index (χ3n) is 5.77. The minimum atomic E-state index is -0.489. The average molecular weight is 439 g/mol. The van der Waals surface area contributed by atoms with Gasteiger partial charge in [-0.05, 0) is 53.9 Å². The molecule has 0 spiro atoms. The maximum Gasteiger partial charge on any atom is 0.186 e. The molecule has 0 fully saturated rings. The summed E-state index contributed by atoms with van der Waals surface area (Å²) in [5.74, 6) is -0.252. The van der Waals surface area contributed by atoms with E-state index in [4.69, 9.17) is 0 Å². The first-order chi connectivity index (χ1) is 16.2. The van der Waals surface area contributed by atoms with Gasteiger partial charge in [0.25, 0.3) is 0 Å². The van der Waals surface area contributed by atoms with Crippen LogP contribution in [0.4, 0.5) is 4.39 Å². The number of ketones is 1. The van der Waals surface area contributed by atoms with E-state index in [0.29, 0.717) is 18.5 Å². The van der Waals surface area contributed by atoms with Crippen LogP contribution in [0, 0.1) is 5.82 Å². The largest absolute Gasteiger partial charge is 0.360 e. The molecule has 2 heterocycles. The van der Waals surface area contributed by atoms with Crippen LogP contribution in [0.15, 0.2) is 97.5 Å². The molecule has 164 valence electrons. The Morgan fingerprint density at radius 2 is 1.85 bits per heavy atom. The minimum absolute atomic E-state index is 0.00149. The molecule has 0 saturated carbocycles. The van der Waals surface area contributed by atoms with Crippen LogP contribution in [0.1, 0.15) is 27.5 Å². The third kappa shape index (κ3) is 4.47. The summed E-state index contributed by atoms with van der Waals surface area (Å²) in [5.41, 5.74) is 4.36. The molecule has 2 aromatic heterocycles. The number of rotatable bonds is 8. The molecular formula is C27H23FN4O. The quantitative estimate of drug-likeness (QED) is 0.325. The van der Waals surface area contributed by atoms with E-state index in [1.54, 1.807) is 29.2 Å². The van der Waals surface area contributed by atoms with E-state index in [1.165, 1.54) is 12.1 Å². The van der Waals surface area contributed by atoms with E-state index in [-0.39, 0.29) is 11.6 Å². The molecular weight excluding hydrogens is 415 g/mol. The third-order valence-corrected chi connectivity index (χ3v) is 5.77. The van der Waals surface area contributed by atoms with Gasteiger partial charge in [-0.15, -0.1) is 0 Å². The lowest BCUT2D eigenvalue weighted by atomic mass is 9.96. The molecule has 0 radical (unpaired) electrons. The van der Waals surface area contributed by atoms with Crippen LogP contribution in [-0.4, -0.2) is 27.1 Å². The summed E-state index contributed by atoms with van der Waals surface area (Å²) in [5, 5.41) is 8.56. The predicted octanol–water partition coefficient (Wildman–Crippen LogP) is 5.25. The number of hydrogen-bond donors (Lipinski definition) is 2. The molecule has 0 aliphatic heterocycles. The number of hydrogen-bond acceptors (Lipinski definition) is 3. The van der Waals surface area contributed by atoms with E-state index in [0.717, 1.165) is 27.7 Å². The van der Waals surface area contributed by atoms with Crippen molar-refractivity contribution in [3.05, 3.63) is 120 Å². The summed E-state index contributed by atoms with van der Waals surface area (Å²) in [7, 11) is 0. The highest BCUT2D eigenvalue weighted by molar-refractivity contribution is 6.10. The second-order valence-corrected chi connectivity index (χ2v) is 7.92. The molecule has 0 aliphatic rings. The van der Waals surface area contributed by atoms with Gasteiger partial charge in [-0.1, -0.05) is 42.5 Å². The Balaban J connectivity index is 1.40. The Morgan fingerprint density at radius 3 is 2.61 bits per heavy atom. The molecule has 5 aromatic rings. The van der Waals surface area contributed by atoms with E-state index in [1.807, 2.05) is 60.8 Å². The van der Waals surface area contributed by atoms with Gasteiger partial charge in [0.15, 0.2) is 5.78 Å². The summed E-state index contributed by atoms with van der Waals surface area (Å²) in [4.78, 5) is 16.9. The number of benzene rings is 3. The first kappa shape index (κ1) is 20.8. The molecule has 33 heavy (non-hydrogen) atoms. The van der Waals surface area contributed by atoms with E-state index >= 15 is 0 Å².